The van der Waals surface area contributed by atoms with Gasteiger partial charge in [-0.05, 0) is 69.7 Å². The largest absolute Gasteiger partial charge is 0.383 e. The normalized spacial score (nSPS) is 16.8. The molecule has 0 N–H and O–H groups in total. The summed E-state index contributed by atoms with van der Waals surface area (Å²) in [5.41, 5.74) is 0.757. The van der Waals surface area contributed by atoms with Crippen molar-refractivity contribution < 1.29 is 9.53 Å². The molecule has 1 aromatic carbocycles. The third-order valence-electron chi connectivity index (χ3n) is 3.65. The highest BCUT2D eigenvalue weighted by atomic mass is 127. The van der Waals surface area contributed by atoms with Crippen LogP contribution in [0.5, 0.6) is 0 Å². The fourth-order valence-electron chi connectivity index (χ4n) is 2.45. The van der Waals surface area contributed by atoms with E-state index in [1.54, 1.807) is 7.11 Å². The molecular weight excluding hydrogens is 447 g/mol. The lowest BCUT2D eigenvalue weighted by Crippen LogP contribution is -2.36. The molecule has 0 bridgehead atoms. The first-order valence-electron chi connectivity index (χ1n) is 7.07. The maximum Gasteiger partial charge on any atom is 0.255 e. The second-order valence-corrected chi connectivity index (χ2v) is 7.20. The molecule has 2 rings (SSSR count). The van der Waals surface area contributed by atoms with E-state index in [1.807, 2.05) is 23.1 Å². The van der Waals surface area contributed by atoms with Crippen LogP contribution >= 0.6 is 38.5 Å². The molecule has 0 aliphatic carbocycles. The van der Waals surface area contributed by atoms with Crippen molar-refractivity contribution in [2.24, 2.45) is 0 Å². The summed E-state index contributed by atoms with van der Waals surface area (Å²) in [6, 6.07) is 5.88. The van der Waals surface area contributed by atoms with Crippen LogP contribution in [0.1, 0.15) is 16.8 Å². The minimum atomic E-state index is 0.119. The van der Waals surface area contributed by atoms with Gasteiger partial charge in [-0.2, -0.15) is 0 Å². The maximum absolute atomic E-state index is 12.7. The summed E-state index contributed by atoms with van der Waals surface area (Å²) < 4.78 is 7.08. The number of benzene rings is 1. The summed E-state index contributed by atoms with van der Waals surface area (Å²) in [6.07, 6.45) is 1.01. The first-order valence-corrected chi connectivity index (χ1v) is 8.94. The van der Waals surface area contributed by atoms with Gasteiger partial charge in [0.1, 0.15) is 0 Å². The minimum Gasteiger partial charge on any atom is -0.383 e. The van der Waals surface area contributed by atoms with E-state index in [9.17, 15) is 4.79 Å². The number of rotatable bonds is 4. The van der Waals surface area contributed by atoms with Gasteiger partial charge >= 0.3 is 0 Å². The van der Waals surface area contributed by atoms with E-state index in [0.717, 1.165) is 59.4 Å². The molecule has 116 valence electrons. The second kappa shape index (κ2) is 8.45. The summed E-state index contributed by atoms with van der Waals surface area (Å²) in [5, 5.41) is 0. The van der Waals surface area contributed by atoms with Crippen molar-refractivity contribution in [3.05, 3.63) is 31.8 Å². The smallest absolute Gasteiger partial charge is 0.255 e. The first-order chi connectivity index (χ1) is 10.1. The van der Waals surface area contributed by atoms with Crippen molar-refractivity contribution in [1.82, 2.24) is 9.80 Å². The van der Waals surface area contributed by atoms with E-state index in [-0.39, 0.29) is 5.91 Å². The molecular formula is C15H20BrIN2O2. The molecule has 1 saturated heterocycles. The predicted octanol–water partition coefficient (Wildman–Crippen LogP) is 2.85. The monoisotopic (exact) mass is 466 g/mol. The van der Waals surface area contributed by atoms with E-state index in [2.05, 4.69) is 43.4 Å². The predicted molar refractivity (Wildman–Crippen MR) is 95.7 cm³/mol. The van der Waals surface area contributed by atoms with Crippen LogP contribution in [0.25, 0.3) is 0 Å². The van der Waals surface area contributed by atoms with E-state index in [1.165, 1.54) is 0 Å². The molecule has 1 heterocycles. The van der Waals surface area contributed by atoms with Crippen LogP contribution in [0.3, 0.4) is 0 Å². The zero-order valence-electron chi connectivity index (χ0n) is 12.1. The van der Waals surface area contributed by atoms with Gasteiger partial charge in [-0.3, -0.25) is 9.69 Å². The Hall–Kier alpha value is -0.180. The summed E-state index contributed by atoms with van der Waals surface area (Å²) in [5.74, 6) is 0.119. The minimum absolute atomic E-state index is 0.119. The number of methoxy groups -OCH3 is 1. The lowest BCUT2D eigenvalue weighted by molar-refractivity contribution is 0.0758. The van der Waals surface area contributed by atoms with Gasteiger partial charge in [0.25, 0.3) is 5.91 Å². The highest BCUT2D eigenvalue weighted by molar-refractivity contribution is 14.1. The summed E-state index contributed by atoms with van der Waals surface area (Å²) >= 11 is 5.72. The molecule has 1 amide bonds. The molecule has 0 spiro atoms. The van der Waals surface area contributed by atoms with Crippen LogP contribution in [-0.4, -0.2) is 62.1 Å². The van der Waals surface area contributed by atoms with Gasteiger partial charge in [-0.25, -0.2) is 0 Å². The summed E-state index contributed by atoms with van der Waals surface area (Å²) in [7, 11) is 1.72. The molecule has 1 aliphatic rings. The Morgan fingerprint density at radius 1 is 1.33 bits per heavy atom. The fraction of sp³-hybridized carbons (Fsp3) is 0.533. The molecule has 1 aliphatic heterocycles. The quantitative estimate of drug-likeness (QED) is 0.639. The summed E-state index contributed by atoms with van der Waals surface area (Å²) in [6.45, 7) is 5.22. The lowest BCUT2D eigenvalue weighted by atomic mass is 10.2. The van der Waals surface area contributed by atoms with Crippen LogP contribution in [0.2, 0.25) is 0 Å². The number of halogens is 2. The zero-order valence-corrected chi connectivity index (χ0v) is 15.9. The topological polar surface area (TPSA) is 32.8 Å². The number of ether oxygens (including phenoxy) is 1. The fourth-order valence-corrected chi connectivity index (χ4v) is 3.36. The number of hydrogen-bond acceptors (Lipinski definition) is 3. The highest BCUT2D eigenvalue weighted by Gasteiger charge is 2.21. The van der Waals surface area contributed by atoms with Crippen molar-refractivity contribution in [1.29, 1.82) is 0 Å². The van der Waals surface area contributed by atoms with E-state index in [0.29, 0.717) is 0 Å². The average molecular weight is 467 g/mol. The van der Waals surface area contributed by atoms with Crippen LogP contribution < -0.4 is 0 Å². The summed E-state index contributed by atoms with van der Waals surface area (Å²) in [4.78, 5) is 17.0. The van der Waals surface area contributed by atoms with Gasteiger partial charge in [0.2, 0.25) is 0 Å². The van der Waals surface area contributed by atoms with Gasteiger partial charge in [0, 0.05) is 41.3 Å². The SMILES string of the molecule is COCCN1CCCN(C(=O)c2cc(I)ccc2Br)CC1. The maximum atomic E-state index is 12.7. The molecule has 0 saturated carbocycles. The highest BCUT2D eigenvalue weighted by Crippen LogP contribution is 2.21. The Kier molecular flexibility index (Phi) is 6.91. The molecule has 4 nitrogen and oxygen atoms in total. The third-order valence-corrected chi connectivity index (χ3v) is 5.01. The average Bonchev–Trinajstić information content (AvgIpc) is 2.72. The van der Waals surface area contributed by atoms with Crippen molar-refractivity contribution in [2.75, 3.05) is 46.4 Å². The Bertz CT molecular complexity index is 499. The molecule has 0 radical (unpaired) electrons. The van der Waals surface area contributed by atoms with Gasteiger partial charge < -0.3 is 9.64 Å². The second-order valence-electron chi connectivity index (χ2n) is 5.10. The molecule has 1 aromatic rings. The molecule has 1 fully saturated rings. The van der Waals surface area contributed by atoms with Crippen LogP contribution in [-0.2, 0) is 4.74 Å². The molecule has 6 heteroatoms. The third kappa shape index (κ3) is 4.91. The van der Waals surface area contributed by atoms with E-state index in [4.69, 9.17) is 4.74 Å². The lowest BCUT2D eigenvalue weighted by Gasteiger charge is -2.22. The van der Waals surface area contributed by atoms with Gasteiger partial charge in [0.15, 0.2) is 0 Å². The Labute approximate surface area is 148 Å². The molecule has 21 heavy (non-hydrogen) atoms. The van der Waals surface area contributed by atoms with E-state index >= 15 is 0 Å². The number of carbonyl (C=O) groups is 1. The van der Waals surface area contributed by atoms with Gasteiger partial charge in [-0.15, -0.1) is 0 Å². The Balaban J connectivity index is 2.01. The van der Waals surface area contributed by atoms with Crippen molar-refractivity contribution in [2.45, 2.75) is 6.42 Å². The Morgan fingerprint density at radius 2 is 2.14 bits per heavy atom. The Morgan fingerprint density at radius 3 is 2.90 bits per heavy atom. The van der Waals surface area contributed by atoms with Crippen LogP contribution in [0.15, 0.2) is 22.7 Å². The van der Waals surface area contributed by atoms with Crippen molar-refractivity contribution in [3.63, 3.8) is 0 Å². The number of amides is 1. The number of nitrogens with zero attached hydrogens (tertiary/aromatic N) is 2. The molecule has 0 unspecified atom stereocenters. The first kappa shape index (κ1) is 17.2. The van der Waals surface area contributed by atoms with Gasteiger partial charge in [-0.1, -0.05) is 0 Å². The van der Waals surface area contributed by atoms with Crippen LogP contribution in [0.4, 0.5) is 0 Å². The van der Waals surface area contributed by atoms with Gasteiger partial charge in [0.05, 0.1) is 12.2 Å². The number of hydrogen-bond donors (Lipinski definition) is 0. The van der Waals surface area contributed by atoms with E-state index < -0.39 is 0 Å². The number of carbonyl (C=O) groups excluding carboxylic acids is 1. The molecule has 0 atom stereocenters. The standard InChI is InChI=1S/C15H20BrIN2O2/c1-21-10-9-18-5-2-6-19(8-7-18)15(20)13-11-12(17)3-4-14(13)16/h3-4,11H,2,5-10H2,1H3. The molecule has 0 aromatic heterocycles. The van der Waals surface area contributed by atoms with Crippen molar-refractivity contribution >= 4 is 44.4 Å². The van der Waals surface area contributed by atoms with Crippen LogP contribution in [0, 0.1) is 3.57 Å². The van der Waals surface area contributed by atoms with Crippen molar-refractivity contribution in [3.8, 4) is 0 Å². The zero-order chi connectivity index (χ0) is 15.2.